The Hall–Kier alpha value is -1.32. The van der Waals surface area contributed by atoms with E-state index in [0.29, 0.717) is 6.04 Å². The number of nitrogens with one attached hydrogen (secondary N) is 1. The summed E-state index contributed by atoms with van der Waals surface area (Å²) < 4.78 is 5.45. The maximum absolute atomic E-state index is 5.45. The molecule has 0 bridgehead atoms. The van der Waals surface area contributed by atoms with Gasteiger partial charge in [-0.25, -0.2) is 0 Å². The summed E-state index contributed by atoms with van der Waals surface area (Å²) in [4.78, 5) is 10.1. The van der Waals surface area contributed by atoms with Crippen molar-refractivity contribution in [2.45, 2.75) is 12.6 Å². The van der Waals surface area contributed by atoms with E-state index < -0.39 is 0 Å². The van der Waals surface area contributed by atoms with E-state index in [0.717, 1.165) is 30.4 Å². The molecule has 26 heavy (non-hydrogen) atoms. The van der Waals surface area contributed by atoms with Crippen LogP contribution in [0.1, 0.15) is 16.5 Å². The first-order valence-electron chi connectivity index (χ1n) is 8.30. The van der Waals surface area contributed by atoms with Crippen LogP contribution in [0, 0.1) is 0 Å². The third kappa shape index (κ3) is 6.14. The lowest BCUT2D eigenvalue weighted by Crippen LogP contribution is -2.42. The van der Waals surface area contributed by atoms with Gasteiger partial charge in [-0.3, -0.25) is 4.99 Å². The van der Waals surface area contributed by atoms with E-state index in [1.54, 1.807) is 18.4 Å². The largest absolute Gasteiger partial charge is 0.496 e. The summed E-state index contributed by atoms with van der Waals surface area (Å²) in [5.74, 6) is 1.77. The van der Waals surface area contributed by atoms with Gasteiger partial charge in [0.2, 0.25) is 0 Å². The molecule has 1 aromatic carbocycles. The first-order valence-corrected chi connectivity index (χ1v) is 9.18. The normalized spacial score (nSPS) is 12.5. The number of hydrogen-bond acceptors (Lipinski definition) is 4. The molecule has 2 rings (SSSR count). The number of guanidine groups is 1. The van der Waals surface area contributed by atoms with Crippen LogP contribution in [0.25, 0.3) is 0 Å². The molecule has 1 unspecified atom stereocenters. The zero-order valence-corrected chi connectivity index (χ0v) is 19.2. The molecule has 0 spiro atoms. The minimum Gasteiger partial charge on any atom is -0.496 e. The summed E-state index contributed by atoms with van der Waals surface area (Å²) in [7, 11) is 9.77. The predicted octanol–water partition coefficient (Wildman–Crippen LogP) is 3.68. The number of aliphatic imine (C=N–C) groups is 1. The Bertz CT molecular complexity index is 676. The molecule has 0 saturated heterocycles. The smallest absolute Gasteiger partial charge is 0.193 e. The van der Waals surface area contributed by atoms with Gasteiger partial charge in [-0.2, -0.15) is 0 Å². The van der Waals surface area contributed by atoms with Crippen LogP contribution >= 0.6 is 35.3 Å². The molecule has 144 valence electrons. The number of halogens is 1. The second-order valence-electron chi connectivity index (χ2n) is 6.09. The van der Waals surface area contributed by atoms with Crippen LogP contribution in [0.5, 0.6) is 5.75 Å². The van der Waals surface area contributed by atoms with Gasteiger partial charge < -0.3 is 19.9 Å². The second kappa shape index (κ2) is 11.4. The van der Waals surface area contributed by atoms with Crippen LogP contribution < -0.4 is 10.1 Å². The maximum atomic E-state index is 5.45. The number of thiophene rings is 1. The van der Waals surface area contributed by atoms with E-state index in [1.165, 1.54) is 4.88 Å². The quantitative estimate of drug-likeness (QED) is 0.367. The molecule has 1 aromatic heterocycles. The van der Waals surface area contributed by atoms with Crippen molar-refractivity contribution in [1.29, 1.82) is 0 Å². The van der Waals surface area contributed by atoms with Crippen LogP contribution in [0.4, 0.5) is 0 Å². The Morgan fingerprint density at radius 1 is 1.19 bits per heavy atom. The molecule has 0 amide bonds. The van der Waals surface area contributed by atoms with Gasteiger partial charge in [-0.1, -0.05) is 24.3 Å². The van der Waals surface area contributed by atoms with Gasteiger partial charge in [-0.15, -0.1) is 35.3 Å². The van der Waals surface area contributed by atoms with Crippen molar-refractivity contribution in [3.8, 4) is 5.75 Å². The highest BCUT2D eigenvalue weighted by atomic mass is 127. The number of methoxy groups -OCH3 is 1. The SMILES string of the molecule is CN=C(NCC(c1cccs1)N(C)C)N(C)Cc1ccccc1OC.I. The molecule has 1 N–H and O–H groups in total. The van der Waals surface area contributed by atoms with Crippen molar-refractivity contribution < 1.29 is 4.74 Å². The van der Waals surface area contributed by atoms with Gasteiger partial charge in [-0.05, 0) is 31.6 Å². The summed E-state index contributed by atoms with van der Waals surface area (Å²) >= 11 is 1.78. The minimum absolute atomic E-state index is 0. The van der Waals surface area contributed by atoms with Crippen molar-refractivity contribution in [1.82, 2.24) is 15.1 Å². The Morgan fingerprint density at radius 2 is 1.92 bits per heavy atom. The Kier molecular flexibility index (Phi) is 9.97. The molecule has 1 heterocycles. The third-order valence-corrected chi connectivity index (χ3v) is 5.10. The third-order valence-electron chi connectivity index (χ3n) is 4.12. The minimum atomic E-state index is 0. The zero-order chi connectivity index (χ0) is 18.2. The van der Waals surface area contributed by atoms with E-state index >= 15 is 0 Å². The van der Waals surface area contributed by atoms with E-state index in [-0.39, 0.29) is 24.0 Å². The fourth-order valence-corrected chi connectivity index (χ4v) is 3.68. The molecule has 0 aliphatic rings. The number of benzene rings is 1. The van der Waals surface area contributed by atoms with Gasteiger partial charge in [0.15, 0.2) is 5.96 Å². The van der Waals surface area contributed by atoms with Gasteiger partial charge in [0.25, 0.3) is 0 Å². The first-order chi connectivity index (χ1) is 12.1. The summed E-state index contributed by atoms with van der Waals surface area (Å²) in [5.41, 5.74) is 1.14. The van der Waals surface area contributed by atoms with E-state index in [9.17, 15) is 0 Å². The number of para-hydroxylation sites is 1. The molecule has 0 fully saturated rings. The summed E-state index contributed by atoms with van der Waals surface area (Å²) in [6.07, 6.45) is 0. The van der Waals surface area contributed by atoms with E-state index in [1.807, 2.05) is 32.3 Å². The van der Waals surface area contributed by atoms with E-state index in [4.69, 9.17) is 4.74 Å². The van der Waals surface area contributed by atoms with Gasteiger partial charge in [0.1, 0.15) is 5.75 Å². The summed E-state index contributed by atoms with van der Waals surface area (Å²) in [6.45, 7) is 1.53. The highest BCUT2D eigenvalue weighted by Gasteiger charge is 2.17. The average molecular weight is 488 g/mol. The van der Waals surface area contributed by atoms with Crippen LogP contribution in [0.2, 0.25) is 0 Å². The highest BCUT2D eigenvalue weighted by molar-refractivity contribution is 14.0. The lowest BCUT2D eigenvalue weighted by molar-refractivity contribution is 0.299. The van der Waals surface area contributed by atoms with Crippen LogP contribution in [0.15, 0.2) is 46.8 Å². The molecule has 1 atom stereocenters. The second-order valence-corrected chi connectivity index (χ2v) is 7.07. The average Bonchev–Trinajstić information content (AvgIpc) is 3.13. The first kappa shape index (κ1) is 22.7. The number of ether oxygens (including phenoxy) is 1. The Balaban J connectivity index is 0.00000338. The molecule has 2 aromatic rings. The summed E-state index contributed by atoms with van der Waals surface area (Å²) in [6, 6.07) is 12.7. The molecule has 7 heteroatoms. The standard InChI is InChI=1S/C19H28N4OS.HI/c1-20-19(21-13-16(22(2)3)18-11-8-12-25-18)23(4)14-15-9-6-7-10-17(15)24-5;/h6-12,16H,13-14H2,1-5H3,(H,20,21);1H. The number of hydrogen-bond donors (Lipinski definition) is 1. The fraction of sp³-hybridized carbons (Fsp3) is 0.421. The van der Waals surface area contributed by atoms with Crippen LogP contribution in [0.3, 0.4) is 0 Å². The Morgan fingerprint density at radius 3 is 2.50 bits per heavy atom. The van der Waals surface area contributed by atoms with Crippen molar-refractivity contribution in [2.75, 3.05) is 41.8 Å². The number of nitrogens with zero attached hydrogens (tertiary/aromatic N) is 3. The van der Waals surface area contributed by atoms with Crippen LogP contribution in [-0.4, -0.2) is 57.6 Å². The predicted molar refractivity (Wildman–Crippen MR) is 122 cm³/mol. The number of likely N-dealkylation sites (N-methyl/N-ethyl adjacent to an activating group) is 1. The zero-order valence-electron chi connectivity index (χ0n) is 16.1. The molecule has 0 saturated carbocycles. The lowest BCUT2D eigenvalue weighted by atomic mass is 10.2. The Labute approximate surface area is 178 Å². The maximum Gasteiger partial charge on any atom is 0.193 e. The highest BCUT2D eigenvalue weighted by Crippen LogP contribution is 2.22. The van der Waals surface area contributed by atoms with Gasteiger partial charge in [0.05, 0.1) is 13.2 Å². The topological polar surface area (TPSA) is 40.1 Å². The fourth-order valence-electron chi connectivity index (χ4n) is 2.76. The van der Waals surface area contributed by atoms with Crippen molar-refractivity contribution in [3.63, 3.8) is 0 Å². The molecular formula is C19H29IN4OS. The lowest BCUT2D eigenvalue weighted by Gasteiger charge is -2.27. The van der Waals surface area contributed by atoms with Gasteiger partial charge in [0, 0.05) is 37.6 Å². The van der Waals surface area contributed by atoms with Crippen LogP contribution in [-0.2, 0) is 6.54 Å². The van der Waals surface area contributed by atoms with Crippen molar-refractivity contribution in [2.24, 2.45) is 4.99 Å². The molecule has 0 aliphatic heterocycles. The monoisotopic (exact) mass is 488 g/mol. The summed E-state index contributed by atoms with van der Waals surface area (Å²) in [5, 5.41) is 5.62. The van der Waals surface area contributed by atoms with Gasteiger partial charge >= 0.3 is 0 Å². The van der Waals surface area contributed by atoms with Crippen molar-refractivity contribution >= 4 is 41.3 Å². The molecular weight excluding hydrogens is 459 g/mol. The number of rotatable bonds is 7. The molecule has 5 nitrogen and oxygen atoms in total. The van der Waals surface area contributed by atoms with E-state index in [2.05, 4.69) is 57.8 Å². The van der Waals surface area contributed by atoms with Crippen molar-refractivity contribution in [3.05, 3.63) is 52.2 Å². The molecule has 0 radical (unpaired) electrons. The molecule has 0 aliphatic carbocycles.